The van der Waals surface area contributed by atoms with Crippen molar-refractivity contribution >= 4 is 29.4 Å². The standard InChI is InChI=1S/C29H28N2O7S/c1-6-14-37-28(34)25-17(3)30-29-31(26(25)20-10-13-22(38-18(4)32)23(16-20)35-5)27(33)24(39-29)15-19-8-11-21(12-9-19)36-7-2/h6,8-13,15-16,26H,1,7,14H2,2-5H3. The van der Waals surface area contributed by atoms with Gasteiger partial charge in [-0.1, -0.05) is 42.2 Å². The Labute approximate surface area is 228 Å². The summed E-state index contributed by atoms with van der Waals surface area (Å²) < 4.78 is 23.5. The Kier molecular flexibility index (Phi) is 8.46. The van der Waals surface area contributed by atoms with E-state index in [9.17, 15) is 14.4 Å². The van der Waals surface area contributed by atoms with E-state index in [-0.39, 0.29) is 29.2 Å². The molecule has 0 bridgehead atoms. The minimum Gasteiger partial charge on any atom is -0.494 e. The molecule has 2 aromatic carbocycles. The van der Waals surface area contributed by atoms with Crippen LogP contribution in [0.3, 0.4) is 0 Å². The number of benzene rings is 2. The molecule has 10 heteroatoms. The van der Waals surface area contributed by atoms with Crippen LogP contribution < -0.4 is 29.1 Å². The highest BCUT2D eigenvalue weighted by molar-refractivity contribution is 7.07. The maximum atomic E-state index is 13.8. The highest BCUT2D eigenvalue weighted by Gasteiger charge is 2.34. The van der Waals surface area contributed by atoms with Crippen molar-refractivity contribution in [1.29, 1.82) is 0 Å². The van der Waals surface area contributed by atoms with Gasteiger partial charge in [-0.15, -0.1) is 0 Å². The topological polar surface area (TPSA) is 105 Å². The predicted molar refractivity (Wildman–Crippen MR) is 147 cm³/mol. The molecule has 0 fully saturated rings. The molecule has 1 atom stereocenters. The maximum Gasteiger partial charge on any atom is 0.338 e. The van der Waals surface area contributed by atoms with Crippen LogP contribution in [-0.2, 0) is 14.3 Å². The van der Waals surface area contributed by atoms with Crippen LogP contribution in [0.4, 0.5) is 0 Å². The first-order valence-corrected chi connectivity index (χ1v) is 13.0. The van der Waals surface area contributed by atoms with Crippen molar-refractivity contribution in [3.8, 4) is 17.2 Å². The van der Waals surface area contributed by atoms with Crippen LogP contribution in [-0.4, -0.2) is 36.8 Å². The molecule has 9 nitrogen and oxygen atoms in total. The van der Waals surface area contributed by atoms with Crippen molar-refractivity contribution in [2.24, 2.45) is 4.99 Å². The molecule has 1 aliphatic rings. The molecule has 3 aromatic rings. The van der Waals surface area contributed by atoms with Gasteiger partial charge in [0.15, 0.2) is 16.3 Å². The number of hydrogen-bond acceptors (Lipinski definition) is 9. The molecule has 0 radical (unpaired) electrons. The van der Waals surface area contributed by atoms with Gasteiger partial charge in [-0.25, -0.2) is 9.79 Å². The van der Waals surface area contributed by atoms with Crippen molar-refractivity contribution in [2.75, 3.05) is 20.3 Å². The van der Waals surface area contributed by atoms with Gasteiger partial charge >= 0.3 is 11.9 Å². The summed E-state index contributed by atoms with van der Waals surface area (Å²) in [6, 6.07) is 11.4. The minimum absolute atomic E-state index is 0.000788. The number of carbonyl (C=O) groups excluding carboxylic acids is 2. The molecule has 1 aromatic heterocycles. The largest absolute Gasteiger partial charge is 0.494 e. The summed E-state index contributed by atoms with van der Waals surface area (Å²) >= 11 is 1.22. The Balaban J connectivity index is 1.89. The predicted octanol–water partition coefficient (Wildman–Crippen LogP) is 3.30. The van der Waals surface area contributed by atoms with E-state index >= 15 is 0 Å². The Hall–Kier alpha value is -4.44. The Morgan fingerprint density at radius 3 is 2.54 bits per heavy atom. The molecule has 39 heavy (non-hydrogen) atoms. The van der Waals surface area contributed by atoms with Gasteiger partial charge in [0.1, 0.15) is 12.4 Å². The summed E-state index contributed by atoms with van der Waals surface area (Å²) in [6.07, 6.45) is 3.24. The molecule has 0 saturated heterocycles. The van der Waals surface area contributed by atoms with Gasteiger partial charge in [-0.3, -0.25) is 14.2 Å². The third-order valence-corrected chi connectivity index (χ3v) is 6.80. The molecule has 0 amide bonds. The molecule has 202 valence electrons. The van der Waals surface area contributed by atoms with Crippen molar-refractivity contribution in [3.05, 3.63) is 97.2 Å². The molecule has 1 aliphatic heterocycles. The van der Waals surface area contributed by atoms with E-state index in [1.165, 1.54) is 36.0 Å². The summed E-state index contributed by atoms with van der Waals surface area (Å²) in [7, 11) is 1.44. The van der Waals surface area contributed by atoms with E-state index < -0.39 is 18.0 Å². The normalized spacial score (nSPS) is 14.8. The van der Waals surface area contributed by atoms with Crippen LogP contribution in [0.25, 0.3) is 6.08 Å². The lowest BCUT2D eigenvalue weighted by Crippen LogP contribution is -2.40. The number of thiazole rings is 1. The first-order chi connectivity index (χ1) is 18.8. The summed E-state index contributed by atoms with van der Waals surface area (Å²) in [4.78, 5) is 43.6. The maximum absolute atomic E-state index is 13.8. The van der Waals surface area contributed by atoms with Crippen LogP contribution in [0.15, 0.2) is 76.2 Å². The molecule has 1 unspecified atom stereocenters. The van der Waals surface area contributed by atoms with Crippen molar-refractivity contribution in [1.82, 2.24) is 4.57 Å². The smallest absolute Gasteiger partial charge is 0.338 e. The van der Waals surface area contributed by atoms with Gasteiger partial charge in [0, 0.05) is 6.92 Å². The second kappa shape index (κ2) is 12.0. The number of nitrogens with zero attached hydrogens (tertiary/aromatic N) is 2. The zero-order chi connectivity index (χ0) is 28.1. The number of aromatic nitrogens is 1. The number of allylic oxidation sites excluding steroid dienone is 1. The van der Waals surface area contributed by atoms with E-state index in [1.807, 2.05) is 31.2 Å². The van der Waals surface area contributed by atoms with Crippen LogP contribution >= 0.6 is 11.3 Å². The summed E-state index contributed by atoms with van der Waals surface area (Å²) in [5.41, 5.74) is 1.68. The van der Waals surface area contributed by atoms with Gasteiger partial charge in [-0.2, -0.15) is 0 Å². The SMILES string of the molecule is C=CCOC(=O)C1=C(C)N=c2sc(=Cc3ccc(OCC)cc3)c(=O)n2C1c1ccc(OC(C)=O)c(OC)c1. The number of fused-ring (bicyclic) bond motifs is 1. The fourth-order valence-corrected chi connectivity index (χ4v) is 5.23. The number of esters is 2. The Morgan fingerprint density at radius 1 is 1.15 bits per heavy atom. The Morgan fingerprint density at radius 2 is 1.90 bits per heavy atom. The first kappa shape index (κ1) is 27.6. The molecule has 0 saturated carbocycles. The average Bonchev–Trinajstić information content (AvgIpc) is 3.21. The molecule has 4 rings (SSSR count). The zero-order valence-corrected chi connectivity index (χ0v) is 22.9. The van der Waals surface area contributed by atoms with Crippen molar-refractivity contribution < 1.29 is 28.5 Å². The van der Waals surface area contributed by atoms with E-state index in [2.05, 4.69) is 11.6 Å². The van der Waals surface area contributed by atoms with Crippen LogP contribution in [0.1, 0.15) is 37.9 Å². The van der Waals surface area contributed by atoms with Crippen molar-refractivity contribution in [3.63, 3.8) is 0 Å². The lowest BCUT2D eigenvalue weighted by Gasteiger charge is -2.25. The van der Waals surface area contributed by atoms with E-state index in [4.69, 9.17) is 18.9 Å². The van der Waals surface area contributed by atoms with Gasteiger partial charge < -0.3 is 18.9 Å². The highest BCUT2D eigenvalue weighted by atomic mass is 32.1. The van der Waals surface area contributed by atoms with Gasteiger partial charge in [0.05, 0.1) is 35.6 Å². The quantitative estimate of drug-likeness (QED) is 0.230. The van der Waals surface area contributed by atoms with E-state index in [0.717, 1.165) is 11.3 Å². The highest BCUT2D eigenvalue weighted by Crippen LogP contribution is 2.36. The second-order valence-electron chi connectivity index (χ2n) is 8.47. The summed E-state index contributed by atoms with van der Waals surface area (Å²) in [6.45, 7) is 9.05. The number of carbonyl (C=O) groups is 2. The van der Waals surface area contributed by atoms with Crippen LogP contribution in [0, 0.1) is 0 Å². The van der Waals surface area contributed by atoms with Crippen LogP contribution in [0.5, 0.6) is 17.2 Å². The fraction of sp³-hybridized carbons (Fsp3) is 0.241. The van der Waals surface area contributed by atoms with E-state index in [1.54, 1.807) is 31.2 Å². The van der Waals surface area contributed by atoms with Crippen molar-refractivity contribution in [2.45, 2.75) is 26.8 Å². The molecular weight excluding hydrogens is 520 g/mol. The fourth-order valence-electron chi connectivity index (χ4n) is 4.18. The molecule has 0 aliphatic carbocycles. The van der Waals surface area contributed by atoms with Gasteiger partial charge in [0.2, 0.25) is 0 Å². The number of methoxy groups -OCH3 is 1. The molecule has 0 spiro atoms. The molecular formula is C29H28N2O7S. The minimum atomic E-state index is -0.860. The van der Waals surface area contributed by atoms with Crippen LogP contribution in [0.2, 0.25) is 0 Å². The molecule has 2 heterocycles. The third-order valence-electron chi connectivity index (χ3n) is 5.82. The van der Waals surface area contributed by atoms with Gasteiger partial charge in [0.25, 0.3) is 5.56 Å². The second-order valence-corrected chi connectivity index (χ2v) is 9.48. The first-order valence-electron chi connectivity index (χ1n) is 12.2. The average molecular weight is 549 g/mol. The Bertz CT molecular complexity index is 1630. The lowest BCUT2D eigenvalue weighted by molar-refractivity contribution is -0.138. The number of hydrogen-bond donors (Lipinski definition) is 0. The van der Waals surface area contributed by atoms with Gasteiger partial charge in [-0.05, 0) is 55.3 Å². The lowest BCUT2D eigenvalue weighted by atomic mass is 9.95. The summed E-state index contributed by atoms with van der Waals surface area (Å²) in [5, 5.41) is 0. The zero-order valence-electron chi connectivity index (χ0n) is 22.1. The molecule has 0 N–H and O–H groups in total. The van der Waals surface area contributed by atoms with E-state index in [0.29, 0.717) is 27.2 Å². The number of rotatable bonds is 9. The third kappa shape index (κ3) is 5.85. The monoisotopic (exact) mass is 548 g/mol. The summed E-state index contributed by atoms with van der Waals surface area (Å²) in [5.74, 6) is 0.0964. The number of ether oxygens (including phenoxy) is 4.